The Kier molecular flexibility index (Phi) is 20.3. The van der Waals surface area contributed by atoms with Crippen LogP contribution in [0.25, 0.3) is 0 Å². The molecule has 0 rings (SSSR count). The minimum Gasteiger partial charge on any atom is -0.461 e. The molecular formula is C26H41NO2. The van der Waals surface area contributed by atoms with Crippen molar-refractivity contribution in [3.63, 3.8) is 0 Å². The highest BCUT2D eigenvalue weighted by Crippen LogP contribution is 2.08. The SMILES string of the molecule is CCCCCCCCCC=CC=CC=CC=CC=CC=C(NCC)C(=O)OCC. The second-order valence-corrected chi connectivity index (χ2v) is 6.71. The minimum absolute atomic E-state index is 0.326. The second-order valence-electron chi connectivity index (χ2n) is 6.71. The molecule has 162 valence electrons. The smallest absolute Gasteiger partial charge is 0.354 e. The molecule has 3 nitrogen and oxygen atoms in total. The third-order valence-electron chi connectivity index (χ3n) is 4.12. The van der Waals surface area contributed by atoms with Gasteiger partial charge in [0.1, 0.15) is 5.70 Å². The lowest BCUT2D eigenvalue weighted by atomic mass is 10.1. The van der Waals surface area contributed by atoms with Crippen molar-refractivity contribution in [2.24, 2.45) is 0 Å². The van der Waals surface area contributed by atoms with Gasteiger partial charge in [0, 0.05) is 6.54 Å². The number of carbonyl (C=O) groups is 1. The predicted molar refractivity (Wildman–Crippen MR) is 127 cm³/mol. The molecule has 0 aliphatic carbocycles. The third kappa shape index (κ3) is 18.8. The van der Waals surface area contributed by atoms with Crippen LogP contribution in [0.4, 0.5) is 0 Å². The lowest BCUT2D eigenvalue weighted by molar-refractivity contribution is -0.138. The summed E-state index contributed by atoms with van der Waals surface area (Å²) in [7, 11) is 0. The number of esters is 1. The van der Waals surface area contributed by atoms with Crippen LogP contribution in [0.2, 0.25) is 0 Å². The fourth-order valence-electron chi connectivity index (χ4n) is 2.59. The maximum atomic E-state index is 11.7. The molecule has 0 spiro atoms. The first-order chi connectivity index (χ1) is 14.3. The summed E-state index contributed by atoms with van der Waals surface area (Å²) < 4.78 is 5.00. The lowest BCUT2D eigenvalue weighted by Gasteiger charge is -2.06. The Labute approximate surface area is 179 Å². The number of hydrogen-bond donors (Lipinski definition) is 1. The van der Waals surface area contributed by atoms with E-state index in [0.29, 0.717) is 18.8 Å². The van der Waals surface area contributed by atoms with Crippen molar-refractivity contribution < 1.29 is 9.53 Å². The molecule has 0 saturated heterocycles. The Hall–Kier alpha value is -2.29. The summed E-state index contributed by atoms with van der Waals surface area (Å²) in [5.74, 6) is -0.326. The van der Waals surface area contributed by atoms with Crippen molar-refractivity contribution in [1.82, 2.24) is 5.32 Å². The molecule has 0 radical (unpaired) electrons. The zero-order chi connectivity index (χ0) is 21.4. The maximum Gasteiger partial charge on any atom is 0.354 e. The minimum atomic E-state index is -0.326. The Morgan fingerprint density at radius 3 is 1.86 bits per heavy atom. The van der Waals surface area contributed by atoms with Crippen molar-refractivity contribution in [2.45, 2.75) is 72.1 Å². The molecule has 0 saturated carbocycles. The average Bonchev–Trinajstić information content (AvgIpc) is 2.72. The van der Waals surface area contributed by atoms with E-state index in [1.54, 1.807) is 13.0 Å². The monoisotopic (exact) mass is 399 g/mol. The Balaban J connectivity index is 3.96. The van der Waals surface area contributed by atoms with E-state index in [0.717, 1.165) is 0 Å². The van der Waals surface area contributed by atoms with Gasteiger partial charge >= 0.3 is 5.97 Å². The molecule has 0 heterocycles. The summed E-state index contributed by atoms with van der Waals surface area (Å²) in [4.78, 5) is 11.7. The van der Waals surface area contributed by atoms with E-state index in [2.05, 4.69) is 30.5 Å². The first-order valence-corrected chi connectivity index (χ1v) is 11.2. The van der Waals surface area contributed by atoms with Crippen molar-refractivity contribution in [3.8, 4) is 0 Å². The highest BCUT2D eigenvalue weighted by Gasteiger charge is 2.06. The van der Waals surface area contributed by atoms with Gasteiger partial charge in [0.2, 0.25) is 0 Å². The van der Waals surface area contributed by atoms with Crippen LogP contribution in [0.3, 0.4) is 0 Å². The highest BCUT2D eigenvalue weighted by atomic mass is 16.5. The van der Waals surface area contributed by atoms with Gasteiger partial charge in [0.15, 0.2) is 0 Å². The summed E-state index contributed by atoms with van der Waals surface area (Å²) in [6.45, 7) is 7.05. The second kappa shape index (κ2) is 22.0. The first kappa shape index (κ1) is 26.7. The van der Waals surface area contributed by atoms with Gasteiger partial charge in [0.25, 0.3) is 0 Å². The van der Waals surface area contributed by atoms with Crippen molar-refractivity contribution in [1.29, 1.82) is 0 Å². The van der Waals surface area contributed by atoms with Gasteiger partial charge in [-0.2, -0.15) is 0 Å². The number of likely N-dealkylation sites (N-methyl/N-ethyl adjacent to an activating group) is 1. The van der Waals surface area contributed by atoms with E-state index in [9.17, 15) is 4.79 Å². The molecule has 0 aromatic rings. The van der Waals surface area contributed by atoms with E-state index >= 15 is 0 Å². The van der Waals surface area contributed by atoms with Gasteiger partial charge in [0.05, 0.1) is 6.61 Å². The van der Waals surface area contributed by atoms with Crippen LogP contribution >= 0.6 is 0 Å². The van der Waals surface area contributed by atoms with E-state index < -0.39 is 0 Å². The van der Waals surface area contributed by atoms with Crippen LogP contribution in [0.5, 0.6) is 0 Å². The number of carbonyl (C=O) groups excluding carboxylic acids is 1. The molecule has 0 aliphatic heterocycles. The summed E-state index contributed by atoms with van der Waals surface area (Å²) in [5.41, 5.74) is 0.473. The quantitative estimate of drug-likeness (QED) is 0.124. The fraction of sp³-hybridized carbons (Fsp3) is 0.500. The molecule has 0 aliphatic rings. The molecule has 0 aromatic carbocycles. The predicted octanol–water partition coefficient (Wildman–Crippen LogP) is 6.96. The molecule has 0 atom stereocenters. The Bertz CT molecular complexity index is 565. The molecule has 1 N–H and O–H groups in total. The summed E-state index contributed by atoms with van der Waals surface area (Å²) >= 11 is 0. The van der Waals surface area contributed by atoms with Gasteiger partial charge in [-0.15, -0.1) is 0 Å². The standard InChI is InChI=1S/C26H41NO2/c1-4-7-8-9-10-11-12-13-14-15-16-17-18-19-20-21-22-23-24-25(27-5-2)26(28)29-6-3/h14-24,27H,4-13H2,1-3H3. The zero-order valence-corrected chi connectivity index (χ0v) is 18.7. The number of unbranched alkanes of at least 4 members (excludes halogenated alkanes) is 7. The topological polar surface area (TPSA) is 38.3 Å². The van der Waals surface area contributed by atoms with Crippen molar-refractivity contribution in [3.05, 3.63) is 72.5 Å². The van der Waals surface area contributed by atoms with Gasteiger partial charge < -0.3 is 10.1 Å². The van der Waals surface area contributed by atoms with Crippen LogP contribution in [0, 0.1) is 0 Å². The summed E-state index contributed by atoms with van der Waals surface area (Å²) in [6, 6.07) is 0. The molecule has 0 unspecified atom stereocenters. The van der Waals surface area contributed by atoms with E-state index in [1.165, 1.54) is 51.4 Å². The zero-order valence-electron chi connectivity index (χ0n) is 18.7. The van der Waals surface area contributed by atoms with Crippen molar-refractivity contribution >= 4 is 5.97 Å². The van der Waals surface area contributed by atoms with E-state index in [4.69, 9.17) is 4.74 Å². The number of rotatable bonds is 17. The van der Waals surface area contributed by atoms with Crippen LogP contribution in [0.15, 0.2) is 72.5 Å². The maximum absolute atomic E-state index is 11.7. The third-order valence-corrected chi connectivity index (χ3v) is 4.12. The highest BCUT2D eigenvalue weighted by molar-refractivity contribution is 5.88. The number of hydrogen-bond acceptors (Lipinski definition) is 3. The molecular weight excluding hydrogens is 358 g/mol. The molecule has 29 heavy (non-hydrogen) atoms. The lowest BCUT2D eigenvalue weighted by Crippen LogP contribution is -2.21. The van der Waals surface area contributed by atoms with Gasteiger partial charge in [-0.05, 0) is 32.8 Å². The van der Waals surface area contributed by atoms with Crippen LogP contribution < -0.4 is 5.32 Å². The van der Waals surface area contributed by atoms with Gasteiger partial charge in [-0.1, -0.05) is 106 Å². The Morgan fingerprint density at radius 2 is 1.28 bits per heavy atom. The summed E-state index contributed by atoms with van der Waals surface area (Å²) in [6.07, 6.45) is 32.4. The molecule has 0 aromatic heterocycles. The number of nitrogens with one attached hydrogen (secondary N) is 1. The molecule has 0 fully saturated rings. The van der Waals surface area contributed by atoms with Crippen LogP contribution in [-0.2, 0) is 9.53 Å². The first-order valence-electron chi connectivity index (χ1n) is 11.2. The fourth-order valence-corrected chi connectivity index (χ4v) is 2.59. The Morgan fingerprint density at radius 1 is 0.724 bits per heavy atom. The largest absolute Gasteiger partial charge is 0.461 e. The van der Waals surface area contributed by atoms with Gasteiger partial charge in [-0.25, -0.2) is 4.79 Å². The van der Waals surface area contributed by atoms with Gasteiger partial charge in [-0.3, -0.25) is 0 Å². The van der Waals surface area contributed by atoms with Crippen LogP contribution in [-0.4, -0.2) is 19.1 Å². The molecule has 3 heteroatoms. The van der Waals surface area contributed by atoms with E-state index in [-0.39, 0.29) is 5.97 Å². The average molecular weight is 400 g/mol. The number of ether oxygens (including phenoxy) is 1. The van der Waals surface area contributed by atoms with Crippen LogP contribution in [0.1, 0.15) is 72.1 Å². The van der Waals surface area contributed by atoms with E-state index in [1.807, 2.05) is 49.5 Å². The molecule has 0 amide bonds. The summed E-state index contributed by atoms with van der Waals surface area (Å²) in [5, 5.41) is 3.01. The van der Waals surface area contributed by atoms with Crippen molar-refractivity contribution in [2.75, 3.05) is 13.2 Å². The number of allylic oxidation sites excluding steroid dienone is 11. The molecule has 0 bridgehead atoms. The normalized spacial score (nSPS) is 13.0.